The Balaban J connectivity index is 2.74. The summed E-state index contributed by atoms with van der Waals surface area (Å²) in [6.45, 7) is 11.6. The summed E-state index contributed by atoms with van der Waals surface area (Å²) in [6, 6.07) is -0.397. The highest BCUT2D eigenvalue weighted by atomic mass is 16.5. The first-order valence-corrected chi connectivity index (χ1v) is 6.86. The summed E-state index contributed by atoms with van der Waals surface area (Å²) < 4.78 is 5.11. The average Bonchev–Trinajstić information content (AvgIpc) is 2.64. The fraction of sp³-hybridized carbons (Fsp3) is 0.714. The van der Waals surface area contributed by atoms with E-state index < -0.39 is 5.60 Å². The molecule has 0 saturated heterocycles. The summed E-state index contributed by atoms with van der Waals surface area (Å²) in [5, 5.41) is 16.6. The van der Waals surface area contributed by atoms with Crippen molar-refractivity contribution in [3.63, 3.8) is 0 Å². The number of nitrogens with zero attached hydrogens (tertiary/aromatic N) is 2. The number of urea groups is 1. The third kappa shape index (κ3) is 4.23. The van der Waals surface area contributed by atoms with Crippen molar-refractivity contribution in [3.05, 3.63) is 17.0 Å². The van der Waals surface area contributed by atoms with Crippen LogP contribution < -0.4 is 5.32 Å². The molecular formula is C14H25N3O3. The van der Waals surface area contributed by atoms with Crippen molar-refractivity contribution in [1.29, 1.82) is 0 Å². The number of hydrogen-bond acceptors (Lipinski definition) is 4. The van der Waals surface area contributed by atoms with Gasteiger partial charge < -0.3 is 19.8 Å². The number of aliphatic hydroxyl groups is 1. The zero-order valence-electron chi connectivity index (χ0n) is 13.1. The first-order valence-electron chi connectivity index (χ1n) is 6.86. The van der Waals surface area contributed by atoms with E-state index in [2.05, 4.69) is 10.5 Å². The Morgan fingerprint density at radius 1 is 1.50 bits per heavy atom. The van der Waals surface area contributed by atoms with Gasteiger partial charge in [0.2, 0.25) is 0 Å². The van der Waals surface area contributed by atoms with Gasteiger partial charge in [-0.3, -0.25) is 0 Å². The minimum absolute atomic E-state index is 0.190. The largest absolute Gasteiger partial charge is 0.389 e. The second kappa shape index (κ2) is 6.26. The van der Waals surface area contributed by atoms with Crippen LogP contribution in [0.5, 0.6) is 0 Å². The Morgan fingerprint density at radius 3 is 2.50 bits per heavy atom. The molecule has 2 N–H and O–H groups in total. The molecule has 1 rings (SSSR count). The fourth-order valence-electron chi connectivity index (χ4n) is 2.25. The van der Waals surface area contributed by atoms with Crippen molar-refractivity contribution < 1.29 is 14.4 Å². The van der Waals surface area contributed by atoms with Gasteiger partial charge in [-0.1, -0.05) is 5.16 Å². The lowest BCUT2D eigenvalue weighted by Gasteiger charge is -2.29. The fourth-order valence-corrected chi connectivity index (χ4v) is 2.25. The highest BCUT2D eigenvalue weighted by Crippen LogP contribution is 2.21. The molecule has 1 unspecified atom stereocenters. The van der Waals surface area contributed by atoms with Crippen LogP contribution in [0.3, 0.4) is 0 Å². The Labute approximate surface area is 120 Å². The van der Waals surface area contributed by atoms with E-state index in [0.29, 0.717) is 12.3 Å². The molecule has 0 spiro atoms. The van der Waals surface area contributed by atoms with Crippen LogP contribution in [0.2, 0.25) is 0 Å². The van der Waals surface area contributed by atoms with Gasteiger partial charge in [-0.15, -0.1) is 0 Å². The van der Waals surface area contributed by atoms with Crippen LogP contribution in [0.1, 0.15) is 50.8 Å². The van der Waals surface area contributed by atoms with E-state index in [1.165, 1.54) is 0 Å². The van der Waals surface area contributed by atoms with E-state index in [0.717, 1.165) is 11.3 Å². The maximum Gasteiger partial charge on any atom is 0.317 e. The van der Waals surface area contributed by atoms with Gasteiger partial charge in [-0.05, 0) is 41.5 Å². The second-order valence-corrected chi connectivity index (χ2v) is 5.74. The Bertz CT molecular complexity index is 443. The molecule has 0 aliphatic rings. The monoisotopic (exact) mass is 283 g/mol. The van der Waals surface area contributed by atoms with Crippen LogP contribution in [-0.2, 0) is 0 Å². The normalized spacial score (nSPS) is 13.2. The maximum absolute atomic E-state index is 12.2. The van der Waals surface area contributed by atoms with Crippen LogP contribution >= 0.6 is 0 Å². The number of carbonyl (C=O) groups is 1. The lowest BCUT2D eigenvalue weighted by atomic mass is 10.1. The van der Waals surface area contributed by atoms with Crippen molar-refractivity contribution in [1.82, 2.24) is 15.4 Å². The lowest BCUT2D eigenvalue weighted by Crippen LogP contribution is -2.47. The van der Waals surface area contributed by atoms with E-state index >= 15 is 0 Å². The lowest BCUT2D eigenvalue weighted by molar-refractivity contribution is 0.0476. The van der Waals surface area contributed by atoms with Gasteiger partial charge in [0.15, 0.2) is 0 Å². The van der Waals surface area contributed by atoms with Crippen LogP contribution in [0.15, 0.2) is 4.52 Å². The topological polar surface area (TPSA) is 78.6 Å². The molecule has 6 nitrogen and oxygen atoms in total. The minimum atomic E-state index is -0.917. The summed E-state index contributed by atoms with van der Waals surface area (Å²) in [5.74, 6) is 0.709. The summed E-state index contributed by atoms with van der Waals surface area (Å²) in [4.78, 5) is 13.8. The Hall–Kier alpha value is -1.56. The van der Waals surface area contributed by atoms with Crippen LogP contribution in [0, 0.1) is 13.8 Å². The van der Waals surface area contributed by atoms with Gasteiger partial charge in [-0.25, -0.2) is 4.79 Å². The summed E-state index contributed by atoms with van der Waals surface area (Å²) in [5.41, 5.74) is 0.762. The predicted molar refractivity (Wildman–Crippen MR) is 76.5 cm³/mol. The minimum Gasteiger partial charge on any atom is -0.389 e. The number of carbonyl (C=O) groups excluding carboxylic acids is 1. The number of hydrogen-bond donors (Lipinski definition) is 2. The Kier molecular flexibility index (Phi) is 5.16. The van der Waals surface area contributed by atoms with Gasteiger partial charge in [-0.2, -0.15) is 0 Å². The molecule has 1 aromatic heterocycles. The number of likely N-dealkylation sites (N-methyl/N-ethyl adjacent to an activating group) is 1. The molecule has 114 valence electrons. The van der Waals surface area contributed by atoms with Crippen LogP contribution in [-0.4, -0.2) is 39.9 Å². The van der Waals surface area contributed by atoms with E-state index in [1.807, 2.05) is 27.7 Å². The quantitative estimate of drug-likeness (QED) is 0.868. The molecular weight excluding hydrogens is 258 g/mol. The molecule has 6 heteroatoms. The van der Waals surface area contributed by atoms with Crippen LogP contribution in [0.4, 0.5) is 4.79 Å². The molecule has 0 aromatic carbocycles. The number of aryl methyl sites for hydroxylation is 2. The number of amides is 2. The molecule has 0 radical (unpaired) electrons. The third-order valence-electron chi connectivity index (χ3n) is 3.11. The highest BCUT2D eigenvalue weighted by molar-refractivity contribution is 5.74. The molecule has 0 saturated carbocycles. The van der Waals surface area contributed by atoms with E-state index in [4.69, 9.17) is 4.52 Å². The zero-order valence-corrected chi connectivity index (χ0v) is 13.1. The molecule has 0 fully saturated rings. The third-order valence-corrected chi connectivity index (χ3v) is 3.11. The van der Waals surface area contributed by atoms with Gasteiger partial charge in [0.25, 0.3) is 0 Å². The van der Waals surface area contributed by atoms with Crippen molar-refractivity contribution in [2.45, 2.75) is 53.2 Å². The van der Waals surface area contributed by atoms with E-state index in [1.54, 1.807) is 18.7 Å². The van der Waals surface area contributed by atoms with E-state index in [9.17, 15) is 9.90 Å². The molecule has 0 bridgehead atoms. The number of rotatable bonds is 5. The zero-order chi connectivity index (χ0) is 15.5. The van der Waals surface area contributed by atoms with Crippen molar-refractivity contribution in [2.24, 2.45) is 0 Å². The number of aromatic nitrogens is 1. The van der Waals surface area contributed by atoms with Crippen molar-refractivity contribution >= 4 is 6.03 Å². The molecule has 1 heterocycles. The summed E-state index contributed by atoms with van der Waals surface area (Å²) in [7, 11) is 0. The van der Waals surface area contributed by atoms with E-state index in [-0.39, 0.29) is 18.6 Å². The van der Waals surface area contributed by atoms with Gasteiger partial charge in [0.1, 0.15) is 5.76 Å². The molecule has 20 heavy (non-hydrogen) atoms. The first-order chi connectivity index (χ1) is 9.15. The SMILES string of the molecule is CCN(CC(C)(C)O)C(=O)NC(C)c1c(C)noc1C. The maximum atomic E-state index is 12.2. The molecule has 1 atom stereocenters. The summed E-state index contributed by atoms with van der Waals surface area (Å²) in [6.07, 6.45) is 0. The number of nitrogens with one attached hydrogen (secondary N) is 1. The smallest absolute Gasteiger partial charge is 0.317 e. The Morgan fingerprint density at radius 2 is 2.10 bits per heavy atom. The first kappa shape index (κ1) is 16.5. The predicted octanol–water partition coefficient (Wildman–Crippen LogP) is 2.15. The highest BCUT2D eigenvalue weighted by Gasteiger charge is 2.24. The summed E-state index contributed by atoms with van der Waals surface area (Å²) >= 11 is 0. The standard InChI is InChI=1S/C14H25N3O3/c1-7-17(8-14(5,6)19)13(18)15-9(2)12-10(3)16-20-11(12)4/h9,19H,7-8H2,1-6H3,(H,15,18). The van der Waals surface area contributed by atoms with Crippen molar-refractivity contribution in [3.8, 4) is 0 Å². The molecule has 1 aromatic rings. The molecule has 2 amide bonds. The van der Waals surface area contributed by atoms with Crippen molar-refractivity contribution in [2.75, 3.05) is 13.1 Å². The average molecular weight is 283 g/mol. The molecule has 0 aliphatic heterocycles. The van der Waals surface area contributed by atoms with Crippen LogP contribution in [0.25, 0.3) is 0 Å². The van der Waals surface area contributed by atoms with Gasteiger partial charge >= 0.3 is 6.03 Å². The molecule has 0 aliphatic carbocycles. The van der Waals surface area contributed by atoms with Gasteiger partial charge in [0, 0.05) is 12.1 Å². The van der Waals surface area contributed by atoms with Gasteiger partial charge in [0.05, 0.1) is 23.9 Å². The second-order valence-electron chi connectivity index (χ2n) is 5.74.